The Balaban J connectivity index is 1.62. The van der Waals surface area contributed by atoms with Gasteiger partial charge in [0.2, 0.25) is 5.91 Å². The van der Waals surface area contributed by atoms with Crippen molar-refractivity contribution in [1.29, 1.82) is 0 Å². The molecule has 1 aromatic carbocycles. The van der Waals surface area contributed by atoms with Gasteiger partial charge in [0.25, 0.3) is 5.56 Å². The highest BCUT2D eigenvalue weighted by atomic mass is 32.2. The fraction of sp³-hybridized carbons (Fsp3) is 0.409. The second kappa shape index (κ2) is 8.89. The smallest absolute Gasteiger partial charge is 0.250 e. The van der Waals surface area contributed by atoms with Gasteiger partial charge in [0.05, 0.1) is 11.7 Å². The van der Waals surface area contributed by atoms with Gasteiger partial charge in [0.15, 0.2) is 0 Å². The van der Waals surface area contributed by atoms with Gasteiger partial charge in [0, 0.05) is 53.5 Å². The first-order valence-corrected chi connectivity index (χ1v) is 12.3. The molecule has 0 unspecified atom stereocenters. The molecule has 2 aromatic rings. The molecule has 2 bridgehead atoms. The van der Waals surface area contributed by atoms with Crippen molar-refractivity contribution in [3.8, 4) is 11.1 Å². The number of nitrogens with zero attached hydrogens (tertiary/aromatic N) is 2. The molecule has 0 radical (unpaired) electrons. The van der Waals surface area contributed by atoms with E-state index in [1.807, 2.05) is 21.8 Å². The summed E-state index contributed by atoms with van der Waals surface area (Å²) in [5.74, 6) is -0.920. The van der Waals surface area contributed by atoms with Crippen molar-refractivity contribution < 1.29 is 14.7 Å². The minimum atomic E-state index is -1.16. The Hall–Kier alpha value is -2.19. The number of hydrogen-bond donors (Lipinski definition) is 0. The number of fused-ring (bicyclic) bond motifs is 4. The topological polar surface area (TPSA) is 82.4 Å². The lowest BCUT2D eigenvalue weighted by Gasteiger charge is -2.43. The summed E-state index contributed by atoms with van der Waals surface area (Å²) in [5.41, 5.74) is 3.14. The van der Waals surface area contributed by atoms with E-state index in [1.54, 1.807) is 17.8 Å². The molecule has 1 fully saturated rings. The molecule has 4 rings (SSSR count). The average molecular weight is 444 g/mol. The monoisotopic (exact) mass is 443 g/mol. The van der Waals surface area contributed by atoms with Crippen LogP contribution in [0.1, 0.15) is 18.0 Å². The SMILES string of the molecule is CSc1ccc(-c2ccc(=O)n3c2[C@@H]2C[C@@H](CN(C(=O)CSCC(=O)[O-])C2)C3)cc1. The number of thioether (sulfide) groups is 2. The summed E-state index contributed by atoms with van der Waals surface area (Å²) < 4.78 is 1.89. The Morgan fingerprint density at radius 1 is 1.07 bits per heavy atom. The molecule has 0 spiro atoms. The van der Waals surface area contributed by atoms with E-state index in [2.05, 4.69) is 24.3 Å². The van der Waals surface area contributed by atoms with Crippen LogP contribution in [-0.2, 0) is 16.1 Å². The summed E-state index contributed by atoms with van der Waals surface area (Å²) in [6.07, 6.45) is 2.99. The van der Waals surface area contributed by atoms with E-state index in [0.717, 1.165) is 35.0 Å². The lowest BCUT2D eigenvalue weighted by Crippen LogP contribution is -2.49. The minimum Gasteiger partial charge on any atom is -0.549 e. The number of carboxylic acids is 1. The van der Waals surface area contributed by atoms with Crippen molar-refractivity contribution in [3.63, 3.8) is 0 Å². The highest BCUT2D eigenvalue weighted by Gasteiger charge is 2.37. The van der Waals surface area contributed by atoms with Crippen LogP contribution < -0.4 is 10.7 Å². The van der Waals surface area contributed by atoms with Crippen LogP contribution >= 0.6 is 23.5 Å². The second-order valence-corrected chi connectivity index (χ2v) is 9.64. The molecule has 0 aliphatic carbocycles. The number of likely N-dealkylation sites (tertiary alicyclic amines) is 1. The Morgan fingerprint density at radius 2 is 1.83 bits per heavy atom. The minimum absolute atomic E-state index is 0.00785. The lowest BCUT2D eigenvalue weighted by atomic mass is 9.80. The van der Waals surface area contributed by atoms with Crippen LogP contribution in [0.25, 0.3) is 11.1 Å². The highest BCUT2D eigenvalue weighted by molar-refractivity contribution is 8.00. The van der Waals surface area contributed by atoms with E-state index in [-0.39, 0.29) is 34.8 Å². The predicted octanol–water partition coefficient (Wildman–Crippen LogP) is 1.67. The fourth-order valence-electron chi connectivity index (χ4n) is 4.55. The normalized spacial score (nSPS) is 20.0. The van der Waals surface area contributed by atoms with Crippen LogP contribution in [0.4, 0.5) is 0 Å². The highest BCUT2D eigenvalue weighted by Crippen LogP contribution is 2.40. The number of rotatable bonds is 6. The lowest BCUT2D eigenvalue weighted by molar-refractivity contribution is -0.301. The van der Waals surface area contributed by atoms with Gasteiger partial charge in [-0.1, -0.05) is 12.1 Å². The molecule has 2 atom stereocenters. The van der Waals surface area contributed by atoms with E-state index in [4.69, 9.17) is 0 Å². The van der Waals surface area contributed by atoms with Gasteiger partial charge >= 0.3 is 0 Å². The number of carboxylic acid groups (broad SMARTS) is 1. The van der Waals surface area contributed by atoms with Crippen LogP contribution in [0.5, 0.6) is 0 Å². The van der Waals surface area contributed by atoms with Gasteiger partial charge in [-0.15, -0.1) is 23.5 Å². The number of aromatic nitrogens is 1. The van der Waals surface area contributed by atoms with E-state index in [9.17, 15) is 19.5 Å². The van der Waals surface area contributed by atoms with Crippen molar-refractivity contribution in [2.75, 3.05) is 30.9 Å². The Labute approximate surface area is 183 Å². The zero-order valence-corrected chi connectivity index (χ0v) is 18.3. The van der Waals surface area contributed by atoms with E-state index in [1.165, 1.54) is 4.90 Å². The number of carbonyl (C=O) groups excluding carboxylic acids is 2. The molecular weight excluding hydrogens is 420 g/mol. The number of carbonyl (C=O) groups is 2. The molecule has 0 saturated carbocycles. The number of hydrogen-bond acceptors (Lipinski definition) is 6. The summed E-state index contributed by atoms with van der Waals surface area (Å²) in [4.78, 5) is 38.9. The van der Waals surface area contributed by atoms with Gasteiger partial charge in [0.1, 0.15) is 0 Å². The molecule has 2 aliphatic heterocycles. The maximum atomic E-state index is 12.6. The zero-order chi connectivity index (χ0) is 21.3. The van der Waals surface area contributed by atoms with Gasteiger partial charge in [-0.05, 0) is 42.4 Å². The summed E-state index contributed by atoms with van der Waals surface area (Å²) >= 11 is 2.76. The van der Waals surface area contributed by atoms with Gasteiger partial charge in [-0.3, -0.25) is 9.59 Å². The molecule has 1 saturated heterocycles. The van der Waals surface area contributed by atoms with Gasteiger partial charge in [-0.2, -0.15) is 0 Å². The first kappa shape index (κ1) is 21.1. The van der Waals surface area contributed by atoms with E-state index in [0.29, 0.717) is 19.6 Å². The molecule has 158 valence electrons. The van der Waals surface area contributed by atoms with Crippen molar-refractivity contribution in [1.82, 2.24) is 9.47 Å². The first-order valence-electron chi connectivity index (χ1n) is 9.89. The van der Waals surface area contributed by atoms with Crippen molar-refractivity contribution >= 4 is 35.4 Å². The number of aliphatic carboxylic acids is 1. The summed E-state index contributed by atoms with van der Waals surface area (Å²) in [5, 5.41) is 10.6. The summed E-state index contributed by atoms with van der Waals surface area (Å²) in [7, 11) is 0. The third-order valence-corrected chi connectivity index (χ3v) is 7.42. The number of pyridine rings is 1. The number of benzene rings is 1. The Kier molecular flexibility index (Phi) is 6.24. The largest absolute Gasteiger partial charge is 0.549 e. The average Bonchev–Trinajstić information content (AvgIpc) is 2.74. The fourth-order valence-corrected chi connectivity index (χ4v) is 5.58. The molecule has 6 nitrogen and oxygen atoms in total. The Bertz CT molecular complexity index is 1020. The van der Waals surface area contributed by atoms with Crippen LogP contribution in [-0.4, -0.2) is 52.2 Å². The van der Waals surface area contributed by atoms with E-state index < -0.39 is 5.97 Å². The molecular formula is C22H23N2O4S2-. The van der Waals surface area contributed by atoms with Crippen LogP contribution in [0, 0.1) is 5.92 Å². The molecule has 0 N–H and O–H groups in total. The molecule has 2 aliphatic rings. The molecule has 8 heteroatoms. The summed E-state index contributed by atoms with van der Waals surface area (Å²) in [6.45, 7) is 1.78. The maximum Gasteiger partial charge on any atom is 0.250 e. The Morgan fingerprint density at radius 3 is 2.53 bits per heavy atom. The second-order valence-electron chi connectivity index (χ2n) is 7.77. The molecule has 1 aromatic heterocycles. The number of amides is 1. The first-order chi connectivity index (χ1) is 14.5. The van der Waals surface area contributed by atoms with Crippen molar-refractivity contribution in [2.24, 2.45) is 5.92 Å². The molecule has 1 amide bonds. The molecule has 3 heterocycles. The van der Waals surface area contributed by atoms with Gasteiger partial charge in [-0.25, -0.2) is 0 Å². The van der Waals surface area contributed by atoms with E-state index >= 15 is 0 Å². The summed E-state index contributed by atoms with van der Waals surface area (Å²) in [6, 6.07) is 11.9. The third kappa shape index (κ3) is 4.30. The van der Waals surface area contributed by atoms with Crippen LogP contribution in [0.15, 0.2) is 46.1 Å². The molecule has 30 heavy (non-hydrogen) atoms. The number of piperidine rings is 1. The quantitative estimate of drug-likeness (QED) is 0.632. The predicted molar refractivity (Wildman–Crippen MR) is 118 cm³/mol. The maximum absolute atomic E-state index is 12.6. The van der Waals surface area contributed by atoms with Crippen molar-refractivity contribution in [3.05, 3.63) is 52.4 Å². The van der Waals surface area contributed by atoms with Gasteiger partial charge < -0.3 is 19.4 Å². The van der Waals surface area contributed by atoms with Crippen LogP contribution in [0.3, 0.4) is 0 Å². The van der Waals surface area contributed by atoms with Crippen molar-refractivity contribution in [2.45, 2.75) is 23.8 Å². The van der Waals surface area contributed by atoms with Crippen LogP contribution in [0.2, 0.25) is 0 Å². The third-order valence-electron chi connectivity index (χ3n) is 5.79. The zero-order valence-electron chi connectivity index (χ0n) is 16.7. The standard InChI is InChI=1S/C22H24N2O4S2/c1-29-17-4-2-15(3-5-17)18-6-7-19(25)24-10-14-8-16(22(18)24)11-23(9-14)20(26)12-30-13-21(27)28/h2-7,14,16H,8-13H2,1H3,(H,27,28)/p-1/t14-,16+/m0/s1.